The Labute approximate surface area is 161 Å². The van der Waals surface area contributed by atoms with Gasteiger partial charge in [0.1, 0.15) is 12.1 Å². The van der Waals surface area contributed by atoms with Crippen molar-refractivity contribution < 1.29 is 14.3 Å². The molecule has 0 saturated carbocycles. The number of rotatable bonds is 6. The van der Waals surface area contributed by atoms with E-state index >= 15 is 0 Å². The van der Waals surface area contributed by atoms with Crippen LogP contribution in [0.25, 0.3) is 0 Å². The number of urea groups is 1. The van der Waals surface area contributed by atoms with Gasteiger partial charge in [-0.3, -0.25) is 9.69 Å². The van der Waals surface area contributed by atoms with Crippen LogP contribution >= 0.6 is 23.2 Å². The van der Waals surface area contributed by atoms with Crippen molar-refractivity contribution in [3.63, 3.8) is 0 Å². The van der Waals surface area contributed by atoms with Gasteiger partial charge in [-0.15, -0.1) is 0 Å². The lowest BCUT2D eigenvalue weighted by Gasteiger charge is -2.25. The maximum atomic E-state index is 13.0. The number of carbonyl (C=O) groups excluding carboxylic acids is 2. The molecule has 1 atom stereocenters. The van der Waals surface area contributed by atoms with Gasteiger partial charge in [0, 0.05) is 0 Å². The molecular formula is C19H18Cl2N2O3. The molecule has 0 bridgehead atoms. The number of halogens is 2. The van der Waals surface area contributed by atoms with Crippen LogP contribution < -0.4 is 10.1 Å². The van der Waals surface area contributed by atoms with Crippen LogP contribution in [0.15, 0.2) is 48.5 Å². The normalized spacial score (nSPS) is 19.6. The third-order valence-corrected chi connectivity index (χ3v) is 5.05. The van der Waals surface area contributed by atoms with E-state index in [1.54, 1.807) is 18.2 Å². The van der Waals surface area contributed by atoms with Crippen LogP contribution in [-0.4, -0.2) is 30.0 Å². The molecule has 1 saturated heterocycles. The Bertz CT molecular complexity index is 809. The lowest BCUT2D eigenvalue weighted by Crippen LogP contribution is -2.43. The van der Waals surface area contributed by atoms with Crippen LogP contribution in [-0.2, 0) is 10.3 Å². The minimum atomic E-state index is -1.04. The first-order chi connectivity index (χ1) is 12.5. The fraction of sp³-hybridized carbons (Fsp3) is 0.263. The third kappa shape index (κ3) is 3.24. The molecule has 0 radical (unpaired) electrons. The highest BCUT2D eigenvalue weighted by molar-refractivity contribution is 6.37. The Morgan fingerprint density at radius 3 is 2.31 bits per heavy atom. The minimum absolute atomic E-state index is 0.0944. The van der Waals surface area contributed by atoms with Crippen molar-refractivity contribution in [3.05, 3.63) is 64.1 Å². The van der Waals surface area contributed by atoms with E-state index in [0.717, 1.165) is 5.56 Å². The monoisotopic (exact) mass is 392 g/mol. The number of amides is 3. The first-order valence-corrected chi connectivity index (χ1v) is 9.01. The lowest BCUT2D eigenvalue weighted by molar-refractivity contribution is -0.132. The maximum Gasteiger partial charge on any atom is 0.325 e. The molecule has 7 heteroatoms. The molecule has 5 nitrogen and oxygen atoms in total. The van der Waals surface area contributed by atoms with Crippen molar-refractivity contribution in [2.45, 2.75) is 18.9 Å². The van der Waals surface area contributed by atoms with Crippen LogP contribution in [0.3, 0.4) is 0 Å². The standard InChI is InChI=1S/C19H18Cl2N2O3/c1-2-19(13-7-4-3-5-8-13)17(24)23(18(25)22-19)11-12-26-16-14(20)9-6-10-15(16)21/h3-10H,2,11-12H2,1H3,(H,22,25)/t19-/m0/s1. The molecule has 1 fully saturated rings. The number of nitrogens with zero attached hydrogens (tertiary/aromatic N) is 1. The summed E-state index contributed by atoms with van der Waals surface area (Å²) in [6.07, 6.45) is 0.454. The Morgan fingerprint density at radius 1 is 1.04 bits per heavy atom. The Hall–Kier alpha value is -2.24. The molecule has 1 aliphatic rings. The Morgan fingerprint density at radius 2 is 1.69 bits per heavy atom. The van der Waals surface area contributed by atoms with Gasteiger partial charge in [-0.25, -0.2) is 4.79 Å². The summed E-state index contributed by atoms with van der Waals surface area (Å²) in [5, 5.41) is 3.59. The average Bonchev–Trinajstić information content (AvgIpc) is 2.89. The quantitative estimate of drug-likeness (QED) is 0.748. The number of nitrogens with one attached hydrogen (secondary N) is 1. The number of hydrogen-bond acceptors (Lipinski definition) is 3. The molecule has 0 aromatic heterocycles. The van der Waals surface area contributed by atoms with Crippen molar-refractivity contribution in [1.29, 1.82) is 0 Å². The van der Waals surface area contributed by atoms with Crippen molar-refractivity contribution in [1.82, 2.24) is 10.2 Å². The van der Waals surface area contributed by atoms with Gasteiger partial charge >= 0.3 is 6.03 Å². The highest BCUT2D eigenvalue weighted by atomic mass is 35.5. The topological polar surface area (TPSA) is 58.6 Å². The SMILES string of the molecule is CC[C@@]1(c2ccccc2)NC(=O)N(CCOc2c(Cl)cccc2Cl)C1=O. The van der Waals surface area contributed by atoms with E-state index in [4.69, 9.17) is 27.9 Å². The zero-order valence-electron chi connectivity index (χ0n) is 14.2. The van der Waals surface area contributed by atoms with Crippen molar-refractivity contribution in [2.75, 3.05) is 13.2 Å². The number of imide groups is 1. The molecular weight excluding hydrogens is 375 g/mol. The second-order valence-corrected chi connectivity index (χ2v) is 6.73. The zero-order valence-corrected chi connectivity index (χ0v) is 15.7. The predicted octanol–water partition coefficient (Wildman–Crippen LogP) is 4.23. The summed E-state index contributed by atoms with van der Waals surface area (Å²) >= 11 is 12.1. The van der Waals surface area contributed by atoms with E-state index in [2.05, 4.69) is 5.32 Å². The average molecular weight is 393 g/mol. The van der Waals surface area contributed by atoms with Gasteiger partial charge in [-0.1, -0.05) is 66.5 Å². The minimum Gasteiger partial charge on any atom is -0.489 e. The van der Waals surface area contributed by atoms with Gasteiger partial charge in [0.05, 0.1) is 16.6 Å². The Kier molecular flexibility index (Phi) is 5.39. The van der Waals surface area contributed by atoms with E-state index in [1.807, 2.05) is 37.3 Å². The van der Waals surface area contributed by atoms with E-state index in [1.165, 1.54) is 4.90 Å². The third-order valence-electron chi connectivity index (χ3n) is 4.45. The molecule has 3 amide bonds. The molecule has 26 heavy (non-hydrogen) atoms. The molecule has 0 unspecified atom stereocenters. The van der Waals surface area contributed by atoms with Gasteiger partial charge in [0.25, 0.3) is 5.91 Å². The fourth-order valence-corrected chi connectivity index (χ4v) is 3.56. The van der Waals surface area contributed by atoms with Crippen LogP contribution in [0.1, 0.15) is 18.9 Å². The van der Waals surface area contributed by atoms with Crippen LogP contribution in [0.5, 0.6) is 5.75 Å². The van der Waals surface area contributed by atoms with Gasteiger partial charge in [-0.05, 0) is 24.1 Å². The molecule has 136 valence electrons. The largest absolute Gasteiger partial charge is 0.489 e. The summed E-state index contributed by atoms with van der Waals surface area (Å²) < 4.78 is 5.60. The predicted molar refractivity (Wildman–Crippen MR) is 101 cm³/mol. The summed E-state index contributed by atoms with van der Waals surface area (Å²) in [5.74, 6) is 0.0535. The summed E-state index contributed by atoms with van der Waals surface area (Å²) in [7, 11) is 0. The molecule has 3 rings (SSSR count). The summed E-state index contributed by atoms with van der Waals surface area (Å²) in [6, 6.07) is 13.8. The highest BCUT2D eigenvalue weighted by Crippen LogP contribution is 2.34. The summed E-state index contributed by atoms with van der Waals surface area (Å²) in [4.78, 5) is 26.5. The number of benzene rings is 2. The van der Waals surface area contributed by atoms with Gasteiger partial charge in [0.2, 0.25) is 0 Å². The van der Waals surface area contributed by atoms with Gasteiger partial charge in [0.15, 0.2) is 5.75 Å². The molecule has 1 heterocycles. The van der Waals surface area contributed by atoms with Crippen LogP contribution in [0.4, 0.5) is 4.79 Å². The first kappa shape index (κ1) is 18.5. The summed E-state index contributed by atoms with van der Waals surface area (Å²) in [6.45, 7) is 2.06. The van der Waals surface area contributed by atoms with Gasteiger partial charge in [-0.2, -0.15) is 0 Å². The number of para-hydroxylation sites is 1. The molecule has 2 aromatic carbocycles. The lowest BCUT2D eigenvalue weighted by atomic mass is 9.87. The zero-order chi connectivity index (χ0) is 18.7. The van der Waals surface area contributed by atoms with E-state index < -0.39 is 11.6 Å². The maximum absolute atomic E-state index is 13.0. The molecule has 0 spiro atoms. The second kappa shape index (κ2) is 7.56. The van der Waals surface area contributed by atoms with Crippen molar-refractivity contribution in [3.8, 4) is 5.75 Å². The molecule has 0 aliphatic carbocycles. The van der Waals surface area contributed by atoms with Gasteiger partial charge < -0.3 is 10.1 Å². The van der Waals surface area contributed by atoms with Crippen molar-refractivity contribution >= 4 is 35.1 Å². The summed E-state index contributed by atoms with van der Waals surface area (Å²) in [5.41, 5.74) is -0.279. The Balaban J connectivity index is 1.73. The van der Waals surface area contributed by atoms with Crippen LogP contribution in [0, 0.1) is 0 Å². The van der Waals surface area contributed by atoms with E-state index in [0.29, 0.717) is 22.2 Å². The number of carbonyl (C=O) groups is 2. The number of ether oxygens (including phenoxy) is 1. The molecule has 1 aliphatic heterocycles. The smallest absolute Gasteiger partial charge is 0.325 e. The van der Waals surface area contributed by atoms with E-state index in [-0.39, 0.29) is 19.1 Å². The first-order valence-electron chi connectivity index (χ1n) is 8.26. The number of hydrogen-bond donors (Lipinski definition) is 1. The van der Waals surface area contributed by atoms with Crippen molar-refractivity contribution in [2.24, 2.45) is 0 Å². The fourth-order valence-electron chi connectivity index (χ4n) is 3.05. The molecule has 1 N–H and O–H groups in total. The van der Waals surface area contributed by atoms with Crippen LogP contribution in [0.2, 0.25) is 10.0 Å². The van der Waals surface area contributed by atoms with E-state index in [9.17, 15) is 9.59 Å². The highest BCUT2D eigenvalue weighted by Gasteiger charge is 2.50. The molecule has 2 aromatic rings. The second-order valence-electron chi connectivity index (χ2n) is 5.91.